The van der Waals surface area contributed by atoms with Crippen molar-refractivity contribution in [3.05, 3.63) is 29.8 Å². The Bertz CT molecular complexity index is 382. The minimum absolute atomic E-state index is 0.0913. The van der Waals surface area contributed by atoms with Crippen LogP contribution in [0.4, 0.5) is 0 Å². The molecule has 0 atom stereocenters. The lowest BCUT2D eigenvalue weighted by Crippen LogP contribution is -2.45. The Morgan fingerprint density at radius 1 is 1.28 bits per heavy atom. The Kier molecular flexibility index (Phi) is 4.28. The Labute approximate surface area is 111 Å². The van der Waals surface area contributed by atoms with Crippen LogP contribution in [0.3, 0.4) is 0 Å². The molecule has 0 saturated heterocycles. The molecule has 0 unspecified atom stereocenters. The molecule has 1 saturated carbocycles. The normalized spacial score (nSPS) is 17.6. The van der Waals surface area contributed by atoms with E-state index >= 15 is 0 Å². The van der Waals surface area contributed by atoms with Crippen molar-refractivity contribution < 1.29 is 4.74 Å². The summed E-state index contributed by atoms with van der Waals surface area (Å²) in [7, 11) is 2.01. The number of rotatable bonds is 6. The molecule has 18 heavy (non-hydrogen) atoms. The van der Waals surface area contributed by atoms with Crippen LogP contribution < -0.4 is 10.1 Å². The van der Waals surface area contributed by atoms with Crippen LogP contribution in [0.2, 0.25) is 0 Å². The first-order valence-corrected chi connectivity index (χ1v) is 7.09. The van der Waals surface area contributed by atoms with E-state index < -0.39 is 0 Å². The minimum atomic E-state index is 0.0913. The van der Waals surface area contributed by atoms with Crippen LogP contribution in [0.1, 0.15) is 51.0 Å². The summed E-state index contributed by atoms with van der Waals surface area (Å²) in [4.78, 5) is 0. The second-order valence-electron chi connectivity index (χ2n) is 5.68. The van der Waals surface area contributed by atoms with E-state index in [4.69, 9.17) is 4.74 Å². The molecule has 0 bridgehead atoms. The van der Waals surface area contributed by atoms with E-state index in [9.17, 15) is 0 Å². The molecular weight excluding hydrogens is 222 g/mol. The SMILES string of the molecule is CNCCC1(Oc2ccccc2C(C)C)CCC1. The van der Waals surface area contributed by atoms with E-state index in [1.54, 1.807) is 0 Å². The van der Waals surface area contributed by atoms with Gasteiger partial charge in [0.2, 0.25) is 0 Å². The van der Waals surface area contributed by atoms with Crippen LogP contribution in [0.25, 0.3) is 0 Å². The van der Waals surface area contributed by atoms with Crippen molar-refractivity contribution in [1.82, 2.24) is 5.32 Å². The molecule has 1 N–H and O–H groups in total. The van der Waals surface area contributed by atoms with Gasteiger partial charge in [0, 0.05) is 0 Å². The highest BCUT2D eigenvalue weighted by Crippen LogP contribution is 2.41. The first-order chi connectivity index (χ1) is 8.67. The van der Waals surface area contributed by atoms with Crippen LogP contribution in [0.15, 0.2) is 24.3 Å². The number of hydrogen-bond donors (Lipinski definition) is 1. The lowest BCUT2D eigenvalue weighted by Gasteiger charge is -2.42. The number of benzene rings is 1. The van der Waals surface area contributed by atoms with Gasteiger partial charge in [0.05, 0.1) is 0 Å². The van der Waals surface area contributed by atoms with Gasteiger partial charge < -0.3 is 10.1 Å². The first kappa shape index (κ1) is 13.4. The van der Waals surface area contributed by atoms with Gasteiger partial charge in [-0.2, -0.15) is 0 Å². The second kappa shape index (κ2) is 5.75. The molecule has 100 valence electrons. The standard InChI is InChI=1S/C16H25NO/c1-13(2)14-7-4-5-8-15(14)18-16(9-6-10-16)11-12-17-3/h4-5,7-8,13,17H,6,9-12H2,1-3H3. The maximum absolute atomic E-state index is 6.39. The third kappa shape index (κ3) is 2.86. The molecule has 1 aliphatic carbocycles. The van der Waals surface area contributed by atoms with E-state index in [2.05, 4.69) is 43.4 Å². The van der Waals surface area contributed by atoms with Crippen LogP contribution >= 0.6 is 0 Å². The molecule has 2 rings (SSSR count). The minimum Gasteiger partial charge on any atom is -0.487 e. The molecule has 2 nitrogen and oxygen atoms in total. The van der Waals surface area contributed by atoms with Crippen LogP contribution in [-0.4, -0.2) is 19.2 Å². The summed E-state index contributed by atoms with van der Waals surface area (Å²) in [5, 5.41) is 3.23. The zero-order valence-corrected chi connectivity index (χ0v) is 11.8. The van der Waals surface area contributed by atoms with E-state index in [-0.39, 0.29) is 5.60 Å². The summed E-state index contributed by atoms with van der Waals surface area (Å²) in [6, 6.07) is 8.48. The highest BCUT2D eigenvalue weighted by Gasteiger charge is 2.39. The summed E-state index contributed by atoms with van der Waals surface area (Å²) < 4.78 is 6.39. The van der Waals surface area contributed by atoms with Crippen molar-refractivity contribution >= 4 is 0 Å². The van der Waals surface area contributed by atoms with Crippen molar-refractivity contribution in [2.24, 2.45) is 0 Å². The molecule has 1 aromatic carbocycles. The number of nitrogens with one attached hydrogen (secondary N) is 1. The molecule has 0 spiro atoms. The largest absolute Gasteiger partial charge is 0.487 e. The zero-order chi connectivity index (χ0) is 13.0. The Morgan fingerprint density at radius 3 is 2.56 bits per heavy atom. The van der Waals surface area contributed by atoms with Crippen molar-refractivity contribution in [3.63, 3.8) is 0 Å². The van der Waals surface area contributed by atoms with E-state index in [1.165, 1.54) is 24.8 Å². The monoisotopic (exact) mass is 247 g/mol. The molecule has 0 aliphatic heterocycles. The third-order valence-corrected chi connectivity index (χ3v) is 3.96. The molecule has 0 heterocycles. The van der Waals surface area contributed by atoms with Gasteiger partial charge in [0.1, 0.15) is 11.4 Å². The summed E-state index contributed by atoms with van der Waals surface area (Å²) in [5.74, 6) is 1.60. The Balaban J connectivity index is 2.12. The molecule has 1 aliphatic rings. The number of ether oxygens (including phenoxy) is 1. The van der Waals surface area contributed by atoms with Gasteiger partial charge in [0.25, 0.3) is 0 Å². The molecule has 0 amide bonds. The Morgan fingerprint density at radius 2 is 2.00 bits per heavy atom. The fraction of sp³-hybridized carbons (Fsp3) is 0.625. The average molecular weight is 247 g/mol. The van der Waals surface area contributed by atoms with Gasteiger partial charge in [-0.3, -0.25) is 0 Å². The first-order valence-electron chi connectivity index (χ1n) is 7.09. The average Bonchev–Trinajstić information content (AvgIpc) is 2.32. The molecule has 0 radical (unpaired) electrons. The number of hydrogen-bond acceptors (Lipinski definition) is 2. The highest BCUT2D eigenvalue weighted by molar-refractivity contribution is 5.36. The fourth-order valence-electron chi connectivity index (χ4n) is 2.61. The summed E-state index contributed by atoms with van der Waals surface area (Å²) >= 11 is 0. The predicted molar refractivity (Wildman–Crippen MR) is 76.3 cm³/mol. The summed E-state index contributed by atoms with van der Waals surface area (Å²) in [6.45, 7) is 5.48. The van der Waals surface area contributed by atoms with E-state index in [0.717, 1.165) is 18.7 Å². The maximum Gasteiger partial charge on any atom is 0.123 e. The van der Waals surface area contributed by atoms with E-state index in [0.29, 0.717) is 5.92 Å². The van der Waals surface area contributed by atoms with Crippen LogP contribution in [0.5, 0.6) is 5.75 Å². The molecular formula is C16H25NO. The molecule has 1 aromatic rings. The predicted octanol–water partition coefficient (Wildman–Crippen LogP) is 3.72. The lowest BCUT2D eigenvalue weighted by molar-refractivity contribution is -0.0147. The molecule has 2 heteroatoms. The van der Waals surface area contributed by atoms with Gasteiger partial charge >= 0.3 is 0 Å². The van der Waals surface area contributed by atoms with Crippen LogP contribution in [-0.2, 0) is 0 Å². The van der Waals surface area contributed by atoms with Crippen molar-refractivity contribution in [3.8, 4) is 5.75 Å². The van der Waals surface area contributed by atoms with Gasteiger partial charge in [-0.1, -0.05) is 32.0 Å². The van der Waals surface area contributed by atoms with E-state index in [1.807, 2.05) is 7.05 Å². The maximum atomic E-state index is 6.39. The van der Waals surface area contributed by atoms with Gasteiger partial charge in [-0.15, -0.1) is 0 Å². The quantitative estimate of drug-likeness (QED) is 0.827. The Hall–Kier alpha value is -1.02. The number of para-hydroxylation sites is 1. The molecule has 1 fully saturated rings. The van der Waals surface area contributed by atoms with Crippen molar-refractivity contribution in [1.29, 1.82) is 0 Å². The highest BCUT2D eigenvalue weighted by atomic mass is 16.5. The van der Waals surface area contributed by atoms with Gasteiger partial charge in [-0.05, 0) is 56.8 Å². The third-order valence-electron chi connectivity index (χ3n) is 3.96. The topological polar surface area (TPSA) is 21.3 Å². The summed E-state index contributed by atoms with van der Waals surface area (Å²) in [5.41, 5.74) is 1.42. The molecule has 0 aromatic heterocycles. The smallest absolute Gasteiger partial charge is 0.123 e. The van der Waals surface area contributed by atoms with Crippen LogP contribution in [0, 0.1) is 0 Å². The van der Waals surface area contributed by atoms with Gasteiger partial charge in [0.15, 0.2) is 0 Å². The van der Waals surface area contributed by atoms with Gasteiger partial charge in [-0.25, -0.2) is 0 Å². The zero-order valence-electron chi connectivity index (χ0n) is 11.8. The van der Waals surface area contributed by atoms with Crippen molar-refractivity contribution in [2.75, 3.05) is 13.6 Å². The fourth-order valence-corrected chi connectivity index (χ4v) is 2.61. The second-order valence-corrected chi connectivity index (χ2v) is 5.68. The lowest BCUT2D eigenvalue weighted by atomic mass is 9.77. The summed E-state index contributed by atoms with van der Waals surface area (Å²) in [6.07, 6.45) is 4.80. The van der Waals surface area contributed by atoms with Crippen molar-refractivity contribution in [2.45, 2.75) is 51.0 Å².